The average molecular weight is 593 g/mol. The van der Waals surface area contributed by atoms with E-state index in [9.17, 15) is 33.5 Å². The minimum absolute atomic E-state index is 0.0654. The van der Waals surface area contributed by atoms with Crippen LogP contribution in [0.2, 0.25) is 0 Å². The highest BCUT2D eigenvalue weighted by Gasteiger charge is 2.53. The fourth-order valence-corrected chi connectivity index (χ4v) is 4.00. The maximum Gasteiger partial charge on any atom is 0.303 e. The Labute approximate surface area is 239 Å². The summed E-state index contributed by atoms with van der Waals surface area (Å²) in [7, 11) is 0. The zero-order valence-electron chi connectivity index (χ0n) is 23.1. The topological polar surface area (TPSA) is 170 Å². The third kappa shape index (κ3) is 8.89. The van der Waals surface area contributed by atoms with Crippen LogP contribution in [0.5, 0.6) is 17.2 Å². The number of rotatable bonds is 11. The molecule has 1 fully saturated rings. The van der Waals surface area contributed by atoms with Crippen molar-refractivity contribution >= 4 is 29.7 Å². The lowest BCUT2D eigenvalue weighted by atomic mass is 9.98. The van der Waals surface area contributed by atoms with Gasteiger partial charge in [-0.2, -0.15) is 0 Å². The number of esters is 4. The second-order valence-electron chi connectivity index (χ2n) is 9.03. The molecule has 0 unspecified atom stereocenters. The highest BCUT2D eigenvalue weighted by Crippen LogP contribution is 2.32. The van der Waals surface area contributed by atoms with Crippen LogP contribution in [0.3, 0.4) is 0 Å². The van der Waals surface area contributed by atoms with Crippen LogP contribution in [0.15, 0.2) is 42.5 Å². The highest BCUT2D eigenvalue weighted by atomic mass is 19.1. The summed E-state index contributed by atoms with van der Waals surface area (Å²) in [5, 5.41) is 10.5. The monoisotopic (exact) mass is 592 g/mol. The van der Waals surface area contributed by atoms with Crippen molar-refractivity contribution in [2.24, 2.45) is 0 Å². The molecule has 0 aromatic heterocycles. The van der Waals surface area contributed by atoms with Crippen LogP contribution in [-0.4, -0.2) is 78.7 Å². The summed E-state index contributed by atoms with van der Waals surface area (Å²) >= 11 is 0. The summed E-state index contributed by atoms with van der Waals surface area (Å²) in [6.07, 6.45) is -7.08. The van der Waals surface area contributed by atoms with E-state index < -0.39 is 85.1 Å². The number of hydrogen-bond donors (Lipinski definition) is 1. The second-order valence-corrected chi connectivity index (χ2v) is 9.03. The molecule has 0 amide bonds. The highest BCUT2D eigenvalue weighted by molar-refractivity contribution is 5.99. The van der Waals surface area contributed by atoms with Crippen molar-refractivity contribution < 1.29 is 66.6 Å². The van der Waals surface area contributed by atoms with Crippen LogP contribution in [0, 0.1) is 5.82 Å². The summed E-state index contributed by atoms with van der Waals surface area (Å²) in [6.45, 7) is 3.47. The molecule has 2 aromatic rings. The van der Waals surface area contributed by atoms with Gasteiger partial charge in [0.1, 0.15) is 35.8 Å². The molecular formula is C28H29FO13. The Bertz CT molecular complexity index is 1310. The Hall–Kier alpha value is -4.72. The van der Waals surface area contributed by atoms with E-state index >= 15 is 0 Å². The quantitative estimate of drug-likeness (QED) is 0.229. The molecule has 3 rings (SSSR count). The summed E-state index contributed by atoms with van der Waals surface area (Å²) in [4.78, 5) is 59.8. The number of carbonyl (C=O) groups excluding carboxylic acids is 5. The number of phenols is 1. The Balaban J connectivity index is 1.86. The van der Waals surface area contributed by atoms with Gasteiger partial charge in [-0.3, -0.25) is 24.0 Å². The third-order valence-electron chi connectivity index (χ3n) is 5.65. The standard InChI is InChI=1S/C28H29FO13/c1-14(30)36-13-24-25(38-15(2)31)26(39-16(3)32)27(40-17(4)33)28(42-24)41-20-9-10-21(22(34)11-20)23(35)12-37-19-7-5-18(29)6-8-19/h5-11,24-28,34H,12-13H2,1-4H3/t24-,25-,26+,27+,28-/m1/s1. The number of ether oxygens (including phenoxy) is 7. The summed E-state index contributed by atoms with van der Waals surface area (Å²) in [5.41, 5.74) is -0.119. The van der Waals surface area contributed by atoms with Crippen molar-refractivity contribution in [1.29, 1.82) is 0 Å². The van der Waals surface area contributed by atoms with E-state index in [2.05, 4.69) is 0 Å². The predicted molar refractivity (Wildman–Crippen MR) is 137 cm³/mol. The molecule has 5 atom stereocenters. The van der Waals surface area contributed by atoms with Crippen molar-refractivity contribution in [2.45, 2.75) is 58.4 Å². The average Bonchev–Trinajstić information content (AvgIpc) is 2.89. The van der Waals surface area contributed by atoms with Gasteiger partial charge in [-0.05, 0) is 36.4 Å². The Kier molecular flexibility index (Phi) is 10.8. The van der Waals surface area contributed by atoms with Gasteiger partial charge >= 0.3 is 23.9 Å². The third-order valence-corrected chi connectivity index (χ3v) is 5.65. The fraction of sp³-hybridized carbons (Fsp3) is 0.393. The van der Waals surface area contributed by atoms with Crippen LogP contribution in [0.1, 0.15) is 38.1 Å². The maximum absolute atomic E-state index is 13.1. The van der Waals surface area contributed by atoms with Gasteiger partial charge in [0.25, 0.3) is 0 Å². The lowest BCUT2D eigenvalue weighted by Gasteiger charge is -2.43. The molecule has 0 aliphatic carbocycles. The number of phenolic OH excluding ortho intramolecular Hbond substituents is 1. The first-order valence-corrected chi connectivity index (χ1v) is 12.6. The number of benzene rings is 2. The van der Waals surface area contributed by atoms with E-state index in [1.54, 1.807) is 0 Å². The summed E-state index contributed by atoms with van der Waals surface area (Å²) < 4.78 is 51.1. The first-order valence-electron chi connectivity index (χ1n) is 12.6. The number of hydrogen-bond acceptors (Lipinski definition) is 13. The molecule has 226 valence electrons. The molecule has 1 N–H and O–H groups in total. The number of halogens is 1. The summed E-state index contributed by atoms with van der Waals surface area (Å²) in [5.74, 6) is -4.50. The molecule has 13 nitrogen and oxygen atoms in total. The lowest BCUT2D eigenvalue weighted by Crippen LogP contribution is -2.63. The Morgan fingerprint density at radius 1 is 0.786 bits per heavy atom. The number of carbonyl (C=O) groups is 5. The van der Waals surface area contributed by atoms with E-state index in [-0.39, 0.29) is 17.1 Å². The van der Waals surface area contributed by atoms with Gasteiger partial charge < -0.3 is 38.3 Å². The van der Waals surface area contributed by atoms with Crippen molar-refractivity contribution in [3.05, 3.63) is 53.8 Å². The van der Waals surface area contributed by atoms with Crippen molar-refractivity contribution in [1.82, 2.24) is 0 Å². The normalized spacial score (nSPS) is 21.4. The molecule has 14 heteroatoms. The SMILES string of the molecule is CC(=O)OC[C@H]1O[C@@H](Oc2ccc(C(=O)COc3ccc(F)cc3)c(O)c2)[C@@H](OC(C)=O)[C@@H](OC(C)=O)[C@@H]1OC(C)=O. The Morgan fingerprint density at radius 2 is 1.36 bits per heavy atom. The Morgan fingerprint density at radius 3 is 1.93 bits per heavy atom. The smallest absolute Gasteiger partial charge is 0.303 e. The number of ketones is 1. The molecule has 0 saturated carbocycles. The maximum atomic E-state index is 13.1. The van der Waals surface area contributed by atoms with E-state index in [0.717, 1.165) is 45.9 Å². The molecule has 0 bridgehead atoms. The van der Waals surface area contributed by atoms with Crippen LogP contribution in [0.25, 0.3) is 0 Å². The second kappa shape index (κ2) is 14.3. The van der Waals surface area contributed by atoms with Gasteiger partial charge in [0.2, 0.25) is 18.2 Å². The van der Waals surface area contributed by atoms with Gasteiger partial charge in [-0.25, -0.2) is 4.39 Å². The van der Waals surface area contributed by atoms with Gasteiger partial charge in [-0.1, -0.05) is 0 Å². The zero-order valence-corrected chi connectivity index (χ0v) is 23.1. The van der Waals surface area contributed by atoms with E-state index in [1.807, 2.05) is 0 Å². The van der Waals surface area contributed by atoms with E-state index in [0.29, 0.717) is 0 Å². The summed E-state index contributed by atoms with van der Waals surface area (Å²) in [6, 6.07) is 8.64. The molecular weight excluding hydrogens is 563 g/mol. The number of aromatic hydroxyl groups is 1. The molecule has 0 radical (unpaired) electrons. The predicted octanol–water partition coefficient (Wildman–Crippen LogP) is 2.25. The molecule has 1 aliphatic heterocycles. The molecule has 42 heavy (non-hydrogen) atoms. The minimum atomic E-state index is -1.53. The van der Waals surface area contributed by atoms with Crippen LogP contribution < -0.4 is 9.47 Å². The van der Waals surface area contributed by atoms with Gasteiger partial charge in [0.15, 0.2) is 18.8 Å². The minimum Gasteiger partial charge on any atom is -0.507 e. The van der Waals surface area contributed by atoms with Crippen LogP contribution >= 0.6 is 0 Å². The van der Waals surface area contributed by atoms with Crippen molar-refractivity contribution in [2.75, 3.05) is 13.2 Å². The van der Waals surface area contributed by atoms with E-state index in [4.69, 9.17) is 33.2 Å². The van der Waals surface area contributed by atoms with Crippen LogP contribution in [0.4, 0.5) is 4.39 Å². The van der Waals surface area contributed by atoms with Gasteiger partial charge in [0, 0.05) is 33.8 Å². The van der Waals surface area contributed by atoms with Gasteiger partial charge in [-0.15, -0.1) is 0 Å². The van der Waals surface area contributed by atoms with Gasteiger partial charge in [0.05, 0.1) is 5.56 Å². The first kappa shape index (κ1) is 31.8. The van der Waals surface area contributed by atoms with Crippen LogP contribution in [-0.2, 0) is 42.9 Å². The molecule has 1 heterocycles. The van der Waals surface area contributed by atoms with Crippen molar-refractivity contribution in [3.8, 4) is 17.2 Å². The first-order chi connectivity index (χ1) is 19.8. The number of Topliss-reactive ketones (excluding diaryl/α,β-unsaturated/α-hetero) is 1. The molecule has 1 saturated heterocycles. The molecule has 2 aromatic carbocycles. The molecule has 0 spiro atoms. The van der Waals surface area contributed by atoms with E-state index in [1.165, 1.54) is 24.3 Å². The largest absolute Gasteiger partial charge is 0.507 e. The zero-order chi connectivity index (χ0) is 31.0. The fourth-order valence-electron chi connectivity index (χ4n) is 4.00. The van der Waals surface area contributed by atoms with Crippen molar-refractivity contribution in [3.63, 3.8) is 0 Å². The lowest BCUT2D eigenvalue weighted by molar-refractivity contribution is -0.288. The molecule has 1 aliphatic rings.